The van der Waals surface area contributed by atoms with E-state index < -0.39 is 5.60 Å². The maximum Gasteiger partial charge on any atom is 0.150 e. The van der Waals surface area contributed by atoms with Gasteiger partial charge in [0.25, 0.3) is 0 Å². The Bertz CT molecular complexity index is 991. The lowest BCUT2D eigenvalue weighted by Gasteiger charge is -2.61. The predicted octanol–water partition coefficient (Wildman–Crippen LogP) is 8.07. The number of thioether (sulfide) groups is 1. The van der Waals surface area contributed by atoms with Crippen LogP contribution >= 0.6 is 23.1 Å². The molecule has 0 bridgehead atoms. The van der Waals surface area contributed by atoms with Crippen molar-refractivity contribution >= 4 is 23.1 Å². The molecule has 1 N–H and O–H groups in total. The minimum Gasteiger partial charge on any atom is -0.388 e. The Labute approximate surface area is 208 Å². The van der Waals surface area contributed by atoms with Gasteiger partial charge in [0.15, 0.2) is 0 Å². The first-order chi connectivity index (χ1) is 15.9. The molecular formula is C29H39NOS2. The van der Waals surface area contributed by atoms with Crippen LogP contribution in [0.4, 0.5) is 0 Å². The van der Waals surface area contributed by atoms with Gasteiger partial charge in [0, 0.05) is 17.4 Å². The van der Waals surface area contributed by atoms with E-state index in [0.29, 0.717) is 11.3 Å². The predicted molar refractivity (Wildman–Crippen MR) is 140 cm³/mol. The van der Waals surface area contributed by atoms with Gasteiger partial charge in [-0.05, 0) is 86.0 Å². The highest BCUT2D eigenvalue weighted by atomic mass is 32.2. The largest absolute Gasteiger partial charge is 0.388 e. The van der Waals surface area contributed by atoms with Crippen molar-refractivity contribution in [2.24, 2.45) is 34.5 Å². The van der Waals surface area contributed by atoms with E-state index in [0.717, 1.165) is 34.3 Å². The van der Waals surface area contributed by atoms with E-state index in [1.165, 1.54) is 68.2 Å². The lowest BCUT2D eigenvalue weighted by atomic mass is 9.44. The minimum atomic E-state index is -0.559. The summed E-state index contributed by atoms with van der Waals surface area (Å²) < 4.78 is 1.10. The van der Waals surface area contributed by atoms with Crippen LogP contribution in [0.25, 0.3) is 10.4 Å². The Kier molecular flexibility index (Phi) is 5.74. The molecule has 33 heavy (non-hydrogen) atoms. The third-order valence-corrected chi connectivity index (χ3v) is 13.3. The molecule has 1 aromatic carbocycles. The summed E-state index contributed by atoms with van der Waals surface area (Å²) in [5.74, 6) is 4.21. The highest BCUT2D eigenvalue weighted by molar-refractivity contribution is 8.01. The lowest BCUT2D eigenvalue weighted by Crippen LogP contribution is -2.56. The molecule has 0 amide bonds. The first-order valence-corrected chi connectivity index (χ1v) is 15.1. The van der Waals surface area contributed by atoms with Gasteiger partial charge in [0.2, 0.25) is 0 Å². The molecule has 4 aliphatic rings. The first-order valence-electron chi connectivity index (χ1n) is 13.3. The molecule has 0 aliphatic heterocycles. The van der Waals surface area contributed by atoms with Gasteiger partial charge in [0.1, 0.15) is 4.34 Å². The first kappa shape index (κ1) is 22.6. The zero-order valence-corrected chi connectivity index (χ0v) is 21.9. The number of nitrogens with zero attached hydrogens (tertiary/aromatic N) is 1. The normalized spacial score (nSPS) is 42.4. The summed E-state index contributed by atoms with van der Waals surface area (Å²) in [4.78, 5) is 5.92. The van der Waals surface area contributed by atoms with Crippen LogP contribution in [0, 0.1) is 34.5 Å². The van der Waals surface area contributed by atoms with Crippen molar-refractivity contribution in [3.8, 4) is 10.4 Å². The average Bonchev–Trinajstić information content (AvgIpc) is 3.41. The zero-order valence-electron chi connectivity index (χ0n) is 20.3. The molecule has 0 saturated heterocycles. The maximum absolute atomic E-state index is 12.1. The van der Waals surface area contributed by atoms with Crippen molar-refractivity contribution in [2.75, 3.05) is 5.75 Å². The number of aromatic nitrogens is 1. The van der Waals surface area contributed by atoms with Crippen LogP contribution < -0.4 is 0 Å². The van der Waals surface area contributed by atoms with Crippen LogP contribution in [0.2, 0.25) is 0 Å². The standard InChI is InChI=1S/C29H39NOS2/c1-27-15-7-6-10-21(27)11-12-22-23(27)13-16-28(2)24(22)14-17-29(28,31)19-32-26-30-18-25(33-26)20-8-4-3-5-9-20/h3-5,8-9,18,21-24,31H,6-7,10-17,19H2,1-2H3/t21-,22-,23+,24-,27+,28+,29-/m1/s1. The second kappa shape index (κ2) is 8.38. The van der Waals surface area contributed by atoms with Crippen molar-refractivity contribution in [1.82, 2.24) is 4.98 Å². The minimum absolute atomic E-state index is 0.0680. The maximum atomic E-state index is 12.1. The number of fused-ring (bicyclic) bond motifs is 5. The number of aliphatic hydroxyl groups is 1. The number of hydrogen-bond donors (Lipinski definition) is 1. The van der Waals surface area contributed by atoms with Gasteiger partial charge in [-0.3, -0.25) is 0 Å². The average molecular weight is 482 g/mol. The Morgan fingerprint density at radius 1 is 0.970 bits per heavy atom. The molecule has 4 heteroatoms. The molecule has 7 atom stereocenters. The summed E-state index contributed by atoms with van der Waals surface area (Å²) in [5, 5.41) is 12.1. The van der Waals surface area contributed by atoms with Crippen molar-refractivity contribution in [3.05, 3.63) is 36.5 Å². The Hall–Kier alpha value is -0.840. The Balaban J connectivity index is 1.18. The third kappa shape index (κ3) is 3.57. The quantitative estimate of drug-likeness (QED) is 0.448. The van der Waals surface area contributed by atoms with Crippen molar-refractivity contribution in [2.45, 2.75) is 88.0 Å². The molecule has 1 heterocycles. The number of hydrogen-bond acceptors (Lipinski definition) is 4. The van der Waals surface area contributed by atoms with E-state index in [-0.39, 0.29) is 5.41 Å². The van der Waals surface area contributed by atoms with Crippen LogP contribution in [-0.2, 0) is 0 Å². The molecule has 4 fully saturated rings. The van der Waals surface area contributed by atoms with Gasteiger partial charge in [-0.1, -0.05) is 68.8 Å². The summed E-state index contributed by atoms with van der Waals surface area (Å²) in [6.45, 7) is 5.11. The Morgan fingerprint density at radius 2 is 1.79 bits per heavy atom. The lowest BCUT2D eigenvalue weighted by molar-refractivity contribution is -0.143. The summed E-state index contributed by atoms with van der Waals surface area (Å²) in [6.07, 6.45) is 15.4. The van der Waals surface area contributed by atoms with E-state index in [1.807, 2.05) is 6.20 Å². The molecule has 4 saturated carbocycles. The smallest absolute Gasteiger partial charge is 0.150 e. The highest BCUT2D eigenvalue weighted by Gasteiger charge is 2.64. The van der Waals surface area contributed by atoms with Gasteiger partial charge in [-0.15, -0.1) is 11.3 Å². The molecule has 2 nitrogen and oxygen atoms in total. The van der Waals surface area contributed by atoms with Crippen LogP contribution in [0.5, 0.6) is 0 Å². The number of rotatable bonds is 4. The summed E-state index contributed by atoms with van der Waals surface area (Å²) in [7, 11) is 0. The second-order valence-corrected chi connectivity index (χ2v) is 14.3. The van der Waals surface area contributed by atoms with E-state index in [9.17, 15) is 5.11 Å². The monoisotopic (exact) mass is 481 g/mol. The number of benzene rings is 1. The molecule has 178 valence electrons. The molecule has 0 spiro atoms. The van der Waals surface area contributed by atoms with Crippen molar-refractivity contribution in [1.29, 1.82) is 0 Å². The van der Waals surface area contributed by atoms with Crippen LogP contribution in [0.1, 0.15) is 78.1 Å². The van der Waals surface area contributed by atoms with Crippen LogP contribution in [0.15, 0.2) is 40.9 Å². The summed E-state index contributed by atoms with van der Waals surface area (Å²) in [6, 6.07) is 10.5. The van der Waals surface area contributed by atoms with Crippen LogP contribution in [-0.4, -0.2) is 21.4 Å². The fraction of sp³-hybridized carbons (Fsp3) is 0.690. The Morgan fingerprint density at radius 3 is 2.64 bits per heavy atom. The zero-order chi connectivity index (χ0) is 22.7. The highest BCUT2D eigenvalue weighted by Crippen LogP contribution is 2.68. The van der Waals surface area contributed by atoms with Crippen LogP contribution in [0.3, 0.4) is 0 Å². The molecule has 4 aliphatic carbocycles. The number of thiazole rings is 1. The summed E-state index contributed by atoms with van der Waals surface area (Å²) >= 11 is 3.56. The molecule has 1 aromatic heterocycles. The molecule has 0 radical (unpaired) electrons. The van der Waals surface area contributed by atoms with Gasteiger partial charge in [-0.25, -0.2) is 4.98 Å². The van der Waals surface area contributed by atoms with E-state index in [1.54, 1.807) is 23.1 Å². The molecular weight excluding hydrogens is 442 g/mol. The molecule has 6 rings (SSSR count). The van der Waals surface area contributed by atoms with Crippen molar-refractivity contribution in [3.63, 3.8) is 0 Å². The fourth-order valence-corrected chi connectivity index (χ4v) is 11.2. The van der Waals surface area contributed by atoms with Gasteiger partial charge in [-0.2, -0.15) is 0 Å². The van der Waals surface area contributed by atoms with Crippen molar-refractivity contribution < 1.29 is 5.11 Å². The SMILES string of the molecule is C[C@]12CCCC[C@@H]1CC[C@H]1[C@H]3CC[C@@](O)(CSc4ncc(-c5ccccc5)s4)[C@@]3(C)CC[C@@H]12. The summed E-state index contributed by atoms with van der Waals surface area (Å²) in [5.41, 5.74) is 1.32. The van der Waals surface area contributed by atoms with E-state index >= 15 is 0 Å². The third-order valence-electron chi connectivity index (χ3n) is 10.9. The van der Waals surface area contributed by atoms with E-state index in [4.69, 9.17) is 4.98 Å². The molecule has 2 aromatic rings. The topological polar surface area (TPSA) is 33.1 Å². The fourth-order valence-electron chi connectivity index (χ4n) is 8.88. The van der Waals surface area contributed by atoms with E-state index in [2.05, 4.69) is 44.2 Å². The van der Waals surface area contributed by atoms with Gasteiger partial charge < -0.3 is 5.11 Å². The van der Waals surface area contributed by atoms with Gasteiger partial charge >= 0.3 is 0 Å². The second-order valence-electron chi connectivity index (χ2n) is 12.1. The molecule has 0 unspecified atom stereocenters. The van der Waals surface area contributed by atoms with Gasteiger partial charge in [0.05, 0.1) is 10.5 Å².